The van der Waals surface area contributed by atoms with Gasteiger partial charge >= 0.3 is 0 Å². The number of carbonyl (C=O) groups is 1. The summed E-state index contributed by atoms with van der Waals surface area (Å²) in [6, 6.07) is 12.8. The highest BCUT2D eigenvalue weighted by Gasteiger charge is 2.57. The number of amides is 1. The molecule has 1 unspecified atom stereocenters. The summed E-state index contributed by atoms with van der Waals surface area (Å²) >= 11 is 0. The average Bonchev–Trinajstić information content (AvgIpc) is 3.67. The number of anilines is 1. The van der Waals surface area contributed by atoms with Gasteiger partial charge in [0.15, 0.2) is 0 Å². The normalized spacial score (nSPS) is 31.3. The number of likely N-dealkylation sites (N-methyl/N-ethyl adjacent to an activating group) is 1. The van der Waals surface area contributed by atoms with Crippen LogP contribution in [0.2, 0.25) is 0 Å². The van der Waals surface area contributed by atoms with Crippen LogP contribution in [0.3, 0.4) is 0 Å². The molecule has 3 saturated carbocycles. The Balaban J connectivity index is 1.25. The van der Waals surface area contributed by atoms with Crippen molar-refractivity contribution in [3.05, 3.63) is 47.5 Å². The molecular weight excluding hydrogens is 628 g/mol. The van der Waals surface area contributed by atoms with Gasteiger partial charge in [-0.3, -0.25) is 9.63 Å². The summed E-state index contributed by atoms with van der Waals surface area (Å²) in [5.74, 6) is 1.80. The lowest BCUT2D eigenvalue weighted by molar-refractivity contribution is -0.175. The van der Waals surface area contributed by atoms with Crippen molar-refractivity contribution in [1.29, 1.82) is 0 Å². The number of hydroxylamine groups is 2. The molecule has 9 atom stereocenters. The smallest absolute Gasteiger partial charge is 0.240 e. The minimum Gasteiger partial charge on any atom is -0.496 e. The summed E-state index contributed by atoms with van der Waals surface area (Å²) in [5.41, 5.74) is 11.8. The van der Waals surface area contributed by atoms with Crippen molar-refractivity contribution in [1.82, 2.24) is 20.6 Å². The SMILES string of the molecule is COc1c(CN2O[C@@H](CN)[C@@H]([C@H](C)O)[C@H]2C(=O)N[C@H]2C[C@H]3C[C@@H]([C@@H]2C)C3(C)C)cccc1-c1cc(CNCC2CCCN2C)cc(N(C)C)c1. The maximum atomic E-state index is 14.3. The van der Waals surface area contributed by atoms with Crippen LogP contribution in [-0.4, -0.2) is 99.2 Å². The second kappa shape index (κ2) is 15.1. The zero-order valence-electron chi connectivity index (χ0n) is 31.6. The van der Waals surface area contributed by atoms with E-state index in [0.29, 0.717) is 35.8 Å². The molecule has 5 fully saturated rings. The van der Waals surface area contributed by atoms with Gasteiger partial charge in [-0.1, -0.05) is 39.0 Å². The van der Waals surface area contributed by atoms with Gasteiger partial charge in [-0.15, -0.1) is 0 Å². The molecule has 7 rings (SSSR count). The molecule has 5 N–H and O–H groups in total. The van der Waals surface area contributed by atoms with Crippen molar-refractivity contribution >= 4 is 11.6 Å². The van der Waals surface area contributed by atoms with Crippen LogP contribution in [0.5, 0.6) is 5.75 Å². The van der Waals surface area contributed by atoms with Crippen LogP contribution in [0.1, 0.15) is 64.5 Å². The summed E-state index contributed by atoms with van der Waals surface area (Å²) in [4.78, 5) is 25.3. The van der Waals surface area contributed by atoms with Crippen molar-refractivity contribution in [2.45, 2.75) is 96.8 Å². The van der Waals surface area contributed by atoms with E-state index in [0.717, 1.165) is 47.6 Å². The van der Waals surface area contributed by atoms with E-state index >= 15 is 0 Å². The third-order valence-corrected chi connectivity index (χ3v) is 12.9. The van der Waals surface area contributed by atoms with Gasteiger partial charge in [-0.05, 0) is 98.7 Å². The molecule has 10 heteroatoms. The number of nitrogens with one attached hydrogen (secondary N) is 2. The van der Waals surface area contributed by atoms with Crippen LogP contribution in [0, 0.1) is 29.1 Å². The molecule has 2 aromatic rings. The van der Waals surface area contributed by atoms with E-state index in [1.165, 1.54) is 31.4 Å². The van der Waals surface area contributed by atoms with Gasteiger partial charge < -0.3 is 36.0 Å². The number of nitrogens with two attached hydrogens (primary N) is 1. The quantitative estimate of drug-likeness (QED) is 0.245. The first-order valence-electron chi connectivity index (χ1n) is 18.8. The topological polar surface area (TPSA) is 116 Å². The summed E-state index contributed by atoms with van der Waals surface area (Å²) in [7, 11) is 8.05. The number of likely N-dealkylation sites (tertiary alicyclic amines) is 1. The maximum Gasteiger partial charge on any atom is 0.240 e. The first-order valence-corrected chi connectivity index (χ1v) is 18.8. The number of hydrogen-bond acceptors (Lipinski definition) is 9. The number of para-hydroxylation sites is 1. The molecule has 2 bridgehead atoms. The monoisotopic (exact) mass is 690 g/mol. The van der Waals surface area contributed by atoms with Crippen LogP contribution < -0.4 is 26.0 Å². The predicted molar refractivity (Wildman–Crippen MR) is 200 cm³/mol. The zero-order chi connectivity index (χ0) is 35.9. The Morgan fingerprint density at radius 1 is 1.22 bits per heavy atom. The minimum absolute atomic E-state index is 0.0995. The second-order valence-corrected chi connectivity index (χ2v) is 16.5. The number of fused-ring (bicyclic) bond motifs is 2. The maximum absolute atomic E-state index is 14.3. The zero-order valence-corrected chi connectivity index (χ0v) is 31.6. The minimum atomic E-state index is -0.775. The summed E-state index contributed by atoms with van der Waals surface area (Å²) in [6.45, 7) is 12.2. The highest BCUT2D eigenvalue weighted by atomic mass is 16.7. The summed E-state index contributed by atoms with van der Waals surface area (Å²) in [5, 5.41) is 19.9. The largest absolute Gasteiger partial charge is 0.496 e. The van der Waals surface area contributed by atoms with E-state index in [9.17, 15) is 9.90 Å². The van der Waals surface area contributed by atoms with Crippen LogP contribution >= 0.6 is 0 Å². The van der Waals surface area contributed by atoms with Gasteiger partial charge in [0.1, 0.15) is 11.8 Å². The number of aliphatic hydroxyl groups excluding tert-OH is 1. The number of nitrogens with zero attached hydrogens (tertiary/aromatic N) is 3. The molecule has 5 aliphatic rings. The molecule has 276 valence electrons. The van der Waals surface area contributed by atoms with Crippen LogP contribution in [0.15, 0.2) is 36.4 Å². The van der Waals surface area contributed by atoms with Crippen molar-refractivity contribution in [3.63, 3.8) is 0 Å². The van der Waals surface area contributed by atoms with Crippen LogP contribution in [-0.2, 0) is 22.7 Å². The molecule has 2 aliphatic heterocycles. The Morgan fingerprint density at radius 2 is 2.00 bits per heavy atom. The average molecular weight is 691 g/mol. The number of aliphatic hydroxyl groups is 1. The number of carbonyl (C=O) groups excluding carboxylic acids is 1. The number of hydrogen-bond donors (Lipinski definition) is 4. The third-order valence-electron chi connectivity index (χ3n) is 12.9. The second-order valence-electron chi connectivity index (χ2n) is 16.5. The lowest BCUT2D eigenvalue weighted by atomic mass is 9.45. The Kier molecular flexibility index (Phi) is 11.2. The van der Waals surface area contributed by atoms with Crippen molar-refractivity contribution in [2.24, 2.45) is 34.8 Å². The van der Waals surface area contributed by atoms with Gasteiger partial charge in [0.25, 0.3) is 0 Å². The lowest BCUT2D eigenvalue weighted by Crippen LogP contribution is -2.62. The fourth-order valence-corrected chi connectivity index (χ4v) is 9.69. The first-order chi connectivity index (χ1) is 23.8. The molecule has 2 heterocycles. The Labute approximate surface area is 300 Å². The lowest BCUT2D eigenvalue weighted by Gasteiger charge is -2.62. The highest BCUT2D eigenvalue weighted by molar-refractivity contribution is 5.83. The van der Waals surface area contributed by atoms with Crippen LogP contribution in [0.25, 0.3) is 11.1 Å². The van der Waals surface area contributed by atoms with Crippen LogP contribution in [0.4, 0.5) is 5.69 Å². The molecule has 0 radical (unpaired) electrons. The van der Waals surface area contributed by atoms with Gasteiger partial charge in [0, 0.05) is 68.5 Å². The molecule has 2 saturated heterocycles. The Bertz CT molecular complexity index is 1500. The van der Waals surface area contributed by atoms with Gasteiger partial charge in [0.2, 0.25) is 5.91 Å². The van der Waals surface area contributed by atoms with Gasteiger partial charge in [-0.2, -0.15) is 5.06 Å². The van der Waals surface area contributed by atoms with Crippen molar-refractivity contribution < 1.29 is 19.5 Å². The molecule has 0 spiro atoms. The van der Waals surface area contributed by atoms with Gasteiger partial charge in [-0.25, -0.2) is 0 Å². The van der Waals surface area contributed by atoms with E-state index < -0.39 is 24.2 Å². The number of methoxy groups -OCH3 is 1. The number of rotatable bonds is 13. The molecule has 1 amide bonds. The number of ether oxygens (including phenoxy) is 1. The fraction of sp³-hybridized carbons (Fsp3) is 0.675. The molecule has 50 heavy (non-hydrogen) atoms. The van der Waals surface area contributed by atoms with Gasteiger partial charge in [0.05, 0.1) is 25.9 Å². The predicted octanol–water partition coefficient (Wildman–Crippen LogP) is 4.24. The first kappa shape index (κ1) is 37.0. The molecule has 0 aromatic heterocycles. The molecule has 3 aliphatic carbocycles. The van der Waals surface area contributed by atoms with E-state index in [2.05, 4.69) is 86.6 Å². The Morgan fingerprint density at radius 3 is 2.62 bits per heavy atom. The van der Waals surface area contributed by atoms with Crippen molar-refractivity contribution in [3.8, 4) is 16.9 Å². The van der Waals surface area contributed by atoms with E-state index in [1.54, 1.807) is 19.1 Å². The number of benzene rings is 2. The van der Waals surface area contributed by atoms with Crippen molar-refractivity contribution in [2.75, 3.05) is 52.8 Å². The van der Waals surface area contributed by atoms with E-state index in [1.807, 2.05) is 12.1 Å². The van der Waals surface area contributed by atoms with E-state index in [-0.39, 0.29) is 18.5 Å². The Hall–Kier alpha value is -2.73. The summed E-state index contributed by atoms with van der Waals surface area (Å²) < 4.78 is 6.15. The molecular formula is C40H62N6O4. The third kappa shape index (κ3) is 7.17. The highest BCUT2D eigenvalue weighted by Crippen LogP contribution is 2.61. The summed E-state index contributed by atoms with van der Waals surface area (Å²) in [6.07, 6.45) is 3.48. The van der Waals surface area contributed by atoms with E-state index in [4.69, 9.17) is 15.3 Å². The molecule has 10 nitrogen and oxygen atoms in total. The molecule has 2 aromatic carbocycles. The fourth-order valence-electron chi connectivity index (χ4n) is 9.69. The standard InChI is InChI=1S/C40H62N6O4/c1-24-33-18-29(40(33,3)4)19-34(24)43-39(48)37-36(25(2)47)35(20-41)50-46(37)23-27-11-9-13-32(38(27)49-8)28-15-26(16-31(17-28)44(5)6)21-42-22-30-12-10-14-45(30)7/h9,11,13,15-17,24-25,29-30,33-37,42,47H,10,12,14,18-23,41H2,1-8H3,(H,43,48)/t24-,25-,29+,30?,33-,34-,35-,36+,37-/m0/s1.